The maximum absolute atomic E-state index is 12.8. The number of hydrogen-bond acceptors (Lipinski definition) is 6. The summed E-state index contributed by atoms with van der Waals surface area (Å²) < 4.78 is 5.23. The van der Waals surface area contributed by atoms with Crippen molar-refractivity contribution in [1.29, 1.82) is 0 Å². The second kappa shape index (κ2) is 8.22. The van der Waals surface area contributed by atoms with Gasteiger partial charge in [0, 0.05) is 18.7 Å². The molecule has 1 aliphatic rings. The van der Waals surface area contributed by atoms with Gasteiger partial charge in [0.1, 0.15) is 5.03 Å². The zero-order valence-corrected chi connectivity index (χ0v) is 15.8. The van der Waals surface area contributed by atoms with Crippen LogP contribution in [-0.4, -0.2) is 41.7 Å². The molecule has 1 aromatic heterocycles. The number of anilines is 2. The standard InChI is InChI=1S/C19H19N3O4S/c1-12-10-16(23)21-14-7-3-4-8-15(14)22(12)17(24)11-26-19(25)13-6-5-9-20-18(13)27-2/h3-9,12H,10-11H2,1-2H3,(H,21,23)/t12-/m0/s1. The number of fused-ring (bicyclic) bond motifs is 1. The van der Waals surface area contributed by atoms with Gasteiger partial charge in [-0.2, -0.15) is 0 Å². The van der Waals surface area contributed by atoms with E-state index in [0.717, 1.165) is 0 Å². The first-order valence-corrected chi connectivity index (χ1v) is 9.60. The van der Waals surface area contributed by atoms with Crippen molar-refractivity contribution in [3.8, 4) is 0 Å². The largest absolute Gasteiger partial charge is 0.452 e. The number of nitrogens with one attached hydrogen (secondary N) is 1. The van der Waals surface area contributed by atoms with Crippen LogP contribution in [0.4, 0.5) is 11.4 Å². The van der Waals surface area contributed by atoms with Gasteiger partial charge in [-0.15, -0.1) is 11.8 Å². The zero-order valence-electron chi connectivity index (χ0n) is 15.0. The second-order valence-electron chi connectivity index (χ2n) is 6.02. The van der Waals surface area contributed by atoms with Gasteiger partial charge >= 0.3 is 5.97 Å². The van der Waals surface area contributed by atoms with Crippen LogP contribution < -0.4 is 10.2 Å². The molecular weight excluding hydrogens is 366 g/mol. The Labute approximate surface area is 161 Å². The molecule has 0 unspecified atom stereocenters. The molecule has 2 amide bonds. The molecule has 27 heavy (non-hydrogen) atoms. The number of carbonyl (C=O) groups excluding carboxylic acids is 3. The lowest BCUT2D eigenvalue weighted by Gasteiger charge is -2.27. The Hall–Kier alpha value is -2.87. The molecule has 0 radical (unpaired) electrons. The maximum Gasteiger partial charge on any atom is 0.341 e. The van der Waals surface area contributed by atoms with Crippen LogP contribution in [0.15, 0.2) is 47.6 Å². The van der Waals surface area contributed by atoms with Crippen LogP contribution in [-0.2, 0) is 14.3 Å². The SMILES string of the molecule is CSc1ncccc1C(=O)OCC(=O)N1c2ccccc2NC(=O)C[C@@H]1C. The first-order chi connectivity index (χ1) is 13.0. The summed E-state index contributed by atoms with van der Waals surface area (Å²) in [5, 5.41) is 3.33. The Morgan fingerprint density at radius 2 is 2.07 bits per heavy atom. The Morgan fingerprint density at radius 1 is 1.30 bits per heavy atom. The van der Waals surface area contributed by atoms with Crippen molar-refractivity contribution < 1.29 is 19.1 Å². The maximum atomic E-state index is 12.8. The van der Waals surface area contributed by atoms with Gasteiger partial charge in [0.25, 0.3) is 5.91 Å². The third-order valence-corrected chi connectivity index (χ3v) is 4.85. The third kappa shape index (κ3) is 4.11. The summed E-state index contributed by atoms with van der Waals surface area (Å²) >= 11 is 1.33. The van der Waals surface area contributed by atoms with E-state index in [-0.39, 0.29) is 18.4 Å². The van der Waals surface area contributed by atoms with Gasteiger partial charge in [0.15, 0.2) is 6.61 Å². The van der Waals surface area contributed by atoms with Crippen LogP contribution in [0.3, 0.4) is 0 Å². The molecule has 0 aliphatic carbocycles. The number of aromatic nitrogens is 1. The Balaban J connectivity index is 1.77. The molecule has 8 heteroatoms. The highest BCUT2D eigenvalue weighted by molar-refractivity contribution is 7.98. The molecule has 2 heterocycles. The lowest BCUT2D eigenvalue weighted by Crippen LogP contribution is -2.41. The van der Waals surface area contributed by atoms with E-state index in [1.807, 2.05) is 6.26 Å². The number of nitrogens with zero attached hydrogens (tertiary/aromatic N) is 2. The van der Waals surface area contributed by atoms with E-state index in [0.29, 0.717) is 22.0 Å². The van der Waals surface area contributed by atoms with E-state index >= 15 is 0 Å². The molecule has 3 rings (SSSR count). The fourth-order valence-electron chi connectivity index (χ4n) is 2.95. The molecule has 1 atom stereocenters. The highest BCUT2D eigenvalue weighted by Crippen LogP contribution is 2.31. The number of esters is 1. The highest BCUT2D eigenvalue weighted by atomic mass is 32.2. The van der Waals surface area contributed by atoms with Gasteiger partial charge in [-0.1, -0.05) is 12.1 Å². The second-order valence-corrected chi connectivity index (χ2v) is 6.81. The molecule has 7 nitrogen and oxygen atoms in total. The van der Waals surface area contributed by atoms with Gasteiger partial charge in [-0.05, 0) is 37.4 Å². The lowest BCUT2D eigenvalue weighted by atomic mass is 10.1. The highest BCUT2D eigenvalue weighted by Gasteiger charge is 2.30. The van der Waals surface area contributed by atoms with E-state index in [1.54, 1.807) is 49.5 Å². The van der Waals surface area contributed by atoms with E-state index in [2.05, 4.69) is 10.3 Å². The summed E-state index contributed by atoms with van der Waals surface area (Å²) in [6.07, 6.45) is 3.56. The summed E-state index contributed by atoms with van der Waals surface area (Å²) in [7, 11) is 0. The first-order valence-electron chi connectivity index (χ1n) is 8.38. The van der Waals surface area contributed by atoms with Crippen LogP contribution in [0.5, 0.6) is 0 Å². The van der Waals surface area contributed by atoms with Gasteiger partial charge in [0.2, 0.25) is 5.91 Å². The van der Waals surface area contributed by atoms with Crippen molar-refractivity contribution in [2.45, 2.75) is 24.4 Å². The van der Waals surface area contributed by atoms with Crippen molar-refractivity contribution in [3.05, 3.63) is 48.2 Å². The van der Waals surface area contributed by atoms with Crippen LogP contribution in [0.1, 0.15) is 23.7 Å². The van der Waals surface area contributed by atoms with Gasteiger partial charge in [0.05, 0.1) is 16.9 Å². The minimum Gasteiger partial charge on any atom is -0.452 e. The number of rotatable bonds is 4. The number of hydrogen-bond donors (Lipinski definition) is 1. The van der Waals surface area contributed by atoms with Gasteiger partial charge in [-0.3, -0.25) is 9.59 Å². The summed E-state index contributed by atoms with van der Waals surface area (Å²) in [6.45, 7) is 1.36. The number of pyridine rings is 1. The number of thioether (sulfide) groups is 1. The molecule has 140 valence electrons. The summed E-state index contributed by atoms with van der Waals surface area (Å²) in [5.74, 6) is -1.16. The zero-order chi connectivity index (χ0) is 19.4. The molecule has 2 aromatic rings. The Morgan fingerprint density at radius 3 is 2.85 bits per heavy atom. The summed E-state index contributed by atoms with van der Waals surface area (Å²) in [5.41, 5.74) is 1.46. The van der Waals surface area contributed by atoms with Crippen molar-refractivity contribution in [3.63, 3.8) is 0 Å². The molecule has 0 bridgehead atoms. The van der Waals surface area contributed by atoms with Crippen LogP contribution in [0, 0.1) is 0 Å². The van der Waals surface area contributed by atoms with Crippen LogP contribution in [0.2, 0.25) is 0 Å². The van der Waals surface area contributed by atoms with Crippen molar-refractivity contribution in [1.82, 2.24) is 4.98 Å². The minimum atomic E-state index is -0.606. The van der Waals surface area contributed by atoms with E-state index in [1.165, 1.54) is 16.7 Å². The lowest BCUT2D eigenvalue weighted by molar-refractivity contribution is -0.122. The molecule has 1 N–H and O–H groups in total. The fraction of sp³-hybridized carbons (Fsp3) is 0.263. The van der Waals surface area contributed by atoms with Crippen LogP contribution in [0.25, 0.3) is 0 Å². The average molecular weight is 385 g/mol. The number of carbonyl (C=O) groups is 3. The summed E-state index contributed by atoms with van der Waals surface area (Å²) in [6, 6.07) is 9.95. The molecular formula is C19H19N3O4S. The van der Waals surface area contributed by atoms with E-state index in [9.17, 15) is 14.4 Å². The average Bonchev–Trinajstić information content (AvgIpc) is 2.79. The van der Waals surface area contributed by atoms with Gasteiger partial charge in [-0.25, -0.2) is 9.78 Å². The molecule has 0 spiro atoms. The number of para-hydroxylation sites is 2. The van der Waals surface area contributed by atoms with E-state index in [4.69, 9.17) is 4.74 Å². The number of amides is 2. The quantitative estimate of drug-likeness (QED) is 0.643. The topological polar surface area (TPSA) is 88.6 Å². The van der Waals surface area contributed by atoms with Crippen molar-refractivity contribution in [2.24, 2.45) is 0 Å². The molecule has 1 aliphatic heterocycles. The molecule has 0 saturated carbocycles. The fourth-order valence-corrected chi connectivity index (χ4v) is 3.49. The molecule has 1 aromatic carbocycles. The third-order valence-electron chi connectivity index (χ3n) is 4.14. The number of benzene rings is 1. The first kappa shape index (κ1) is 18.9. The molecule has 0 saturated heterocycles. The predicted molar refractivity (Wildman–Crippen MR) is 103 cm³/mol. The van der Waals surface area contributed by atoms with E-state index < -0.39 is 18.5 Å². The predicted octanol–water partition coefficient (Wildman–Crippen LogP) is 2.72. The summed E-state index contributed by atoms with van der Waals surface area (Å²) in [4.78, 5) is 42.8. The minimum absolute atomic E-state index is 0.160. The molecule has 0 fully saturated rings. The Kier molecular flexibility index (Phi) is 5.75. The monoisotopic (exact) mass is 385 g/mol. The van der Waals surface area contributed by atoms with Crippen LogP contribution >= 0.6 is 11.8 Å². The normalized spacial score (nSPS) is 16.1. The Bertz CT molecular complexity index is 887. The van der Waals surface area contributed by atoms with Gasteiger partial charge < -0.3 is 15.0 Å². The van der Waals surface area contributed by atoms with Crippen molar-refractivity contribution in [2.75, 3.05) is 23.1 Å². The van der Waals surface area contributed by atoms with Crippen molar-refractivity contribution >= 4 is 40.9 Å². The number of ether oxygens (including phenoxy) is 1. The smallest absolute Gasteiger partial charge is 0.341 e.